The summed E-state index contributed by atoms with van der Waals surface area (Å²) in [6, 6.07) is 2.97. The van der Waals surface area contributed by atoms with E-state index < -0.39 is 18.3 Å². The van der Waals surface area contributed by atoms with Crippen LogP contribution in [0.15, 0.2) is 18.3 Å². The van der Waals surface area contributed by atoms with Gasteiger partial charge in [-0.2, -0.15) is 13.2 Å². The zero-order valence-corrected chi connectivity index (χ0v) is 12.7. The molecule has 23 heavy (non-hydrogen) atoms. The van der Waals surface area contributed by atoms with E-state index in [9.17, 15) is 18.0 Å². The Morgan fingerprint density at radius 3 is 2.70 bits per heavy atom. The quantitative estimate of drug-likeness (QED) is 0.868. The van der Waals surface area contributed by atoms with Crippen molar-refractivity contribution in [2.75, 3.05) is 6.61 Å². The van der Waals surface area contributed by atoms with Crippen molar-refractivity contribution in [3.05, 3.63) is 23.9 Å². The second kappa shape index (κ2) is 7.16. The molecule has 1 fully saturated rings. The summed E-state index contributed by atoms with van der Waals surface area (Å²) in [5.41, 5.74) is 5.87. The number of aromatic nitrogens is 1. The van der Waals surface area contributed by atoms with E-state index in [1.807, 2.05) is 0 Å². The number of hydrogen-bond donors (Lipinski definition) is 2. The number of ether oxygens (including phenoxy) is 1. The Balaban J connectivity index is 1.89. The lowest BCUT2D eigenvalue weighted by molar-refractivity contribution is -0.154. The van der Waals surface area contributed by atoms with E-state index in [-0.39, 0.29) is 18.3 Å². The van der Waals surface area contributed by atoms with E-state index in [4.69, 9.17) is 5.73 Å². The molecule has 0 saturated heterocycles. The van der Waals surface area contributed by atoms with E-state index in [0.29, 0.717) is 18.4 Å². The van der Waals surface area contributed by atoms with Gasteiger partial charge in [0.2, 0.25) is 11.8 Å². The third kappa shape index (κ3) is 5.38. The molecule has 0 aliphatic heterocycles. The molecule has 1 aromatic heterocycles. The molecule has 128 valence electrons. The number of alkyl halides is 3. The maximum absolute atomic E-state index is 12.2. The maximum atomic E-state index is 12.2. The van der Waals surface area contributed by atoms with E-state index in [0.717, 1.165) is 19.3 Å². The van der Waals surface area contributed by atoms with Crippen LogP contribution < -0.4 is 15.8 Å². The van der Waals surface area contributed by atoms with Gasteiger partial charge < -0.3 is 15.8 Å². The number of hydrogen-bond acceptors (Lipinski definition) is 4. The average molecular weight is 331 g/mol. The number of carbonyl (C=O) groups excluding carboxylic acids is 1. The molecule has 1 aliphatic carbocycles. The van der Waals surface area contributed by atoms with Crippen LogP contribution in [0.2, 0.25) is 0 Å². The monoisotopic (exact) mass is 331 g/mol. The predicted octanol–water partition coefficient (Wildman–Crippen LogP) is 2.30. The highest BCUT2D eigenvalue weighted by Crippen LogP contribution is 2.26. The van der Waals surface area contributed by atoms with Gasteiger partial charge in [-0.1, -0.05) is 19.3 Å². The largest absolute Gasteiger partial charge is 0.468 e. The first-order valence-corrected chi connectivity index (χ1v) is 7.50. The number of nitrogens with two attached hydrogens (primary N) is 1. The third-order valence-corrected chi connectivity index (χ3v) is 3.83. The number of carbonyl (C=O) groups is 1. The minimum absolute atomic E-state index is 0.130. The number of nitrogens with one attached hydrogen (secondary N) is 1. The van der Waals surface area contributed by atoms with E-state index in [1.54, 1.807) is 6.07 Å². The lowest BCUT2D eigenvalue weighted by Crippen LogP contribution is -2.54. The molecular formula is C15H20F3N3O2. The zero-order chi connectivity index (χ0) is 16.9. The second-order valence-electron chi connectivity index (χ2n) is 5.81. The van der Waals surface area contributed by atoms with Crippen LogP contribution in [0.4, 0.5) is 13.2 Å². The molecule has 3 N–H and O–H groups in total. The molecule has 2 rings (SSSR count). The van der Waals surface area contributed by atoms with Gasteiger partial charge in [0.05, 0.1) is 5.54 Å². The highest BCUT2D eigenvalue weighted by molar-refractivity contribution is 5.86. The summed E-state index contributed by atoms with van der Waals surface area (Å²) in [4.78, 5) is 15.9. The summed E-state index contributed by atoms with van der Waals surface area (Å²) in [7, 11) is 0. The van der Waals surface area contributed by atoms with Crippen molar-refractivity contribution < 1.29 is 22.7 Å². The Morgan fingerprint density at radius 1 is 1.35 bits per heavy atom. The number of rotatable bonds is 5. The summed E-state index contributed by atoms with van der Waals surface area (Å²) in [5, 5.41) is 2.74. The molecule has 5 nitrogen and oxygen atoms in total. The van der Waals surface area contributed by atoms with E-state index in [2.05, 4.69) is 15.0 Å². The predicted molar refractivity (Wildman–Crippen MR) is 77.6 cm³/mol. The summed E-state index contributed by atoms with van der Waals surface area (Å²) >= 11 is 0. The SMILES string of the molecule is NC1(C(=O)NCc2ccnc(OCC(F)(F)F)c2)CCCCC1. The summed E-state index contributed by atoms with van der Waals surface area (Å²) in [5.74, 6) is -0.360. The minimum atomic E-state index is -4.42. The van der Waals surface area contributed by atoms with Gasteiger partial charge >= 0.3 is 6.18 Å². The van der Waals surface area contributed by atoms with Crippen LogP contribution in [0.1, 0.15) is 37.7 Å². The molecule has 0 unspecified atom stereocenters. The first-order chi connectivity index (χ1) is 10.8. The fourth-order valence-electron chi connectivity index (χ4n) is 2.56. The van der Waals surface area contributed by atoms with Gasteiger partial charge in [0.25, 0.3) is 0 Å². The van der Waals surface area contributed by atoms with Crippen molar-refractivity contribution in [1.82, 2.24) is 10.3 Å². The van der Waals surface area contributed by atoms with Crippen LogP contribution in [0.25, 0.3) is 0 Å². The number of amides is 1. The Hall–Kier alpha value is -1.83. The van der Waals surface area contributed by atoms with Gasteiger partial charge in [0.1, 0.15) is 0 Å². The van der Waals surface area contributed by atoms with E-state index >= 15 is 0 Å². The van der Waals surface area contributed by atoms with Crippen molar-refractivity contribution in [3.8, 4) is 5.88 Å². The number of nitrogens with zero attached hydrogens (tertiary/aromatic N) is 1. The standard InChI is InChI=1S/C15H20F3N3O2/c16-15(17,18)10-23-12-8-11(4-7-20-12)9-21-13(22)14(19)5-2-1-3-6-14/h4,7-8H,1-3,5-6,9-10,19H2,(H,21,22). The first-order valence-electron chi connectivity index (χ1n) is 7.50. The lowest BCUT2D eigenvalue weighted by atomic mass is 9.82. The van der Waals surface area contributed by atoms with Crippen molar-refractivity contribution in [2.45, 2.75) is 50.4 Å². The lowest BCUT2D eigenvalue weighted by Gasteiger charge is -2.31. The molecule has 0 aromatic carbocycles. The normalized spacial score (nSPS) is 17.6. The molecule has 1 heterocycles. The third-order valence-electron chi connectivity index (χ3n) is 3.83. The van der Waals surface area contributed by atoms with Crippen LogP contribution in [0.5, 0.6) is 5.88 Å². The molecule has 1 saturated carbocycles. The van der Waals surface area contributed by atoms with Gasteiger partial charge in [0.15, 0.2) is 6.61 Å². The zero-order valence-electron chi connectivity index (χ0n) is 12.7. The van der Waals surface area contributed by atoms with Crippen molar-refractivity contribution in [1.29, 1.82) is 0 Å². The Kier molecular flexibility index (Phi) is 5.46. The molecule has 1 aliphatic rings. The van der Waals surface area contributed by atoms with Crippen molar-refractivity contribution in [2.24, 2.45) is 5.73 Å². The maximum Gasteiger partial charge on any atom is 0.422 e. The minimum Gasteiger partial charge on any atom is -0.468 e. The van der Waals surface area contributed by atoms with Gasteiger partial charge in [-0.05, 0) is 24.5 Å². The highest BCUT2D eigenvalue weighted by Gasteiger charge is 2.35. The smallest absolute Gasteiger partial charge is 0.422 e. The molecule has 0 bridgehead atoms. The van der Waals surface area contributed by atoms with Gasteiger partial charge in [-0.3, -0.25) is 4.79 Å². The topological polar surface area (TPSA) is 77.2 Å². The van der Waals surface area contributed by atoms with Gasteiger partial charge in [0, 0.05) is 18.8 Å². The molecular weight excluding hydrogens is 311 g/mol. The first kappa shape index (κ1) is 17.5. The van der Waals surface area contributed by atoms with Crippen LogP contribution >= 0.6 is 0 Å². The van der Waals surface area contributed by atoms with Gasteiger partial charge in [-0.15, -0.1) is 0 Å². The summed E-state index contributed by atoms with van der Waals surface area (Å²) in [6.45, 7) is -1.23. The summed E-state index contributed by atoms with van der Waals surface area (Å²) < 4.78 is 40.9. The fraction of sp³-hybridized carbons (Fsp3) is 0.600. The van der Waals surface area contributed by atoms with Crippen LogP contribution in [0.3, 0.4) is 0 Å². The molecule has 0 radical (unpaired) electrons. The van der Waals surface area contributed by atoms with Crippen molar-refractivity contribution in [3.63, 3.8) is 0 Å². The molecule has 1 aromatic rings. The number of pyridine rings is 1. The average Bonchev–Trinajstić information content (AvgIpc) is 2.51. The van der Waals surface area contributed by atoms with Crippen LogP contribution in [-0.4, -0.2) is 29.2 Å². The molecule has 1 amide bonds. The molecule has 0 atom stereocenters. The van der Waals surface area contributed by atoms with Crippen LogP contribution in [0, 0.1) is 0 Å². The highest BCUT2D eigenvalue weighted by atomic mass is 19.4. The van der Waals surface area contributed by atoms with Crippen molar-refractivity contribution >= 4 is 5.91 Å². The van der Waals surface area contributed by atoms with Gasteiger partial charge in [-0.25, -0.2) is 4.98 Å². The Labute approximate surface area is 132 Å². The van der Waals surface area contributed by atoms with Crippen LogP contribution in [-0.2, 0) is 11.3 Å². The Bertz CT molecular complexity index is 543. The fourth-order valence-corrected chi connectivity index (χ4v) is 2.56. The molecule has 8 heteroatoms. The Morgan fingerprint density at radius 2 is 2.04 bits per heavy atom. The molecule has 0 spiro atoms. The summed E-state index contributed by atoms with van der Waals surface area (Å²) in [6.07, 6.45) is 1.15. The number of halogens is 3. The van der Waals surface area contributed by atoms with E-state index in [1.165, 1.54) is 12.3 Å². The second-order valence-corrected chi connectivity index (χ2v) is 5.81.